The molecule has 3 N–H and O–H groups in total. The van der Waals surface area contributed by atoms with Gasteiger partial charge >= 0.3 is 0 Å². The van der Waals surface area contributed by atoms with Crippen LogP contribution in [-0.4, -0.2) is 48.7 Å². The lowest BCUT2D eigenvalue weighted by Gasteiger charge is -2.27. The summed E-state index contributed by atoms with van der Waals surface area (Å²) >= 11 is 0. The fraction of sp³-hybridized carbons (Fsp3) is 1.00. The van der Waals surface area contributed by atoms with Gasteiger partial charge in [0.2, 0.25) is 0 Å². The monoisotopic (exact) mass is 147 g/mol. The first-order valence-corrected chi connectivity index (χ1v) is 3.43. The van der Waals surface area contributed by atoms with Crippen LogP contribution in [0, 0.1) is 0 Å². The summed E-state index contributed by atoms with van der Waals surface area (Å²) in [7, 11) is 0. The first-order valence-electron chi connectivity index (χ1n) is 3.43. The lowest BCUT2D eigenvalue weighted by Crippen LogP contribution is -2.48. The van der Waals surface area contributed by atoms with Crippen LogP contribution in [0.25, 0.3) is 0 Å². The Morgan fingerprint density at radius 3 is 2.70 bits per heavy atom. The molecule has 1 fully saturated rings. The minimum atomic E-state index is -0.638. The summed E-state index contributed by atoms with van der Waals surface area (Å²) in [5, 5.41) is 20.3. The molecule has 0 aliphatic carbocycles. The van der Waals surface area contributed by atoms with Crippen molar-refractivity contribution in [1.82, 2.24) is 5.32 Å². The third-order valence-electron chi connectivity index (χ3n) is 1.49. The van der Waals surface area contributed by atoms with E-state index >= 15 is 0 Å². The standard InChI is InChI=1S/C6H13NO3/c8-2-6(9)1-7-5-3-10-4-5/h5-9H,1-4H2/t6-/m0/s1. The SMILES string of the molecule is OC[C@@H](O)CNC1COC1. The van der Waals surface area contributed by atoms with Crippen molar-refractivity contribution in [2.45, 2.75) is 12.1 Å². The van der Waals surface area contributed by atoms with Crippen molar-refractivity contribution >= 4 is 0 Å². The van der Waals surface area contributed by atoms with Gasteiger partial charge in [-0.3, -0.25) is 0 Å². The van der Waals surface area contributed by atoms with Gasteiger partial charge in [0.15, 0.2) is 0 Å². The topological polar surface area (TPSA) is 61.7 Å². The van der Waals surface area contributed by atoms with Gasteiger partial charge in [0.25, 0.3) is 0 Å². The van der Waals surface area contributed by atoms with Crippen LogP contribution in [0.5, 0.6) is 0 Å². The van der Waals surface area contributed by atoms with Crippen molar-refractivity contribution < 1.29 is 14.9 Å². The normalized spacial score (nSPS) is 22.2. The molecule has 0 aromatic heterocycles. The van der Waals surface area contributed by atoms with Crippen LogP contribution in [0.1, 0.15) is 0 Å². The zero-order valence-electron chi connectivity index (χ0n) is 5.79. The fourth-order valence-corrected chi connectivity index (χ4v) is 0.721. The molecule has 1 heterocycles. The van der Waals surface area contributed by atoms with Gasteiger partial charge in [-0.25, -0.2) is 0 Å². The van der Waals surface area contributed by atoms with E-state index < -0.39 is 6.10 Å². The molecular formula is C6H13NO3. The Balaban J connectivity index is 1.93. The number of hydrogen-bond acceptors (Lipinski definition) is 4. The first-order chi connectivity index (χ1) is 4.83. The van der Waals surface area contributed by atoms with Gasteiger partial charge in [0, 0.05) is 6.54 Å². The molecule has 0 unspecified atom stereocenters. The number of hydrogen-bond donors (Lipinski definition) is 3. The van der Waals surface area contributed by atoms with Crippen molar-refractivity contribution in [1.29, 1.82) is 0 Å². The molecule has 0 bridgehead atoms. The van der Waals surface area contributed by atoms with E-state index in [1.165, 1.54) is 0 Å². The fourth-order valence-electron chi connectivity index (χ4n) is 0.721. The number of aliphatic hydroxyl groups is 2. The molecule has 0 radical (unpaired) electrons. The van der Waals surface area contributed by atoms with Crippen molar-refractivity contribution in [2.75, 3.05) is 26.4 Å². The van der Waals surface area contributed by atoms with Gasteiger partial charge in [-0.05, 0) is 0 Å². The molecule has 1 atom stereocenters. The van der Waals surface area contributed by atoms with Crippen LogP contribution in [0.15, 0.2) is 0 Å². The third kappa shape index (κ3) is 2.22. The van der Waals surface area contributed by atoms with Crippen molar-refractivity contribution in [3.8, 4) is 0 Å². The lowest BCUT2D eigenvalue weighted by atomic mass is 10.2. The van der Waals surface area contributed by atoms with E-state index in [1.807, 2.05) is 0 Å². The molecule has 1 saturated heterocycles. The van der Waals surface area contributed by atoms with E-state index in [1.54, 1.807) is 0 Å². The predicted octanol–water partition coefficient (Wildman–Crippen LogP) is -1.67. The first kappa shape index (κ1) is 7.94. The van der Waals surface area contributed by atoms with Gasteiger partial charge < -0.3 is 20.3 Å². The van der Waals surface area contributed by atoms with Crippen LogP contribution in [0.2, 0.25) is 0 Å². The van der Waals surface area contributed by atoms with E-state index in [0.29, 0.717) is 12.6 Å². The zero-order valence-corrected chi connectivity index (χ0v) is 5.79. The van der Waals surface area contributed by atoms with E-state index in [-0.39, 0.29) is 6.61 Å². The highest BCUT2D eigenvalue weighted by atomic mass is 16.5. The maximum Gasteiger partial charge on any atom is 0.0895 e. The molecule has 60 valence electrons. The molecule has 0 saturated carbocycles. The molecular weight excluding hydrogens is 134 g/mol. The predicted molar refractivity (Wildman–Crippen MR) is 35.7 cm³/mol. The van der Waals surface area contributed by atoms with Gasteiger partial charge in [-0.15, -0.1) is 0 Å². The third-order valence-corrected chi connectivity index (χ3v) is 1.49. The zero-order chi connectivity index (χ0) is 7.40. The maximum atomic E-state index is 8.87. The van der Waals surface area contributed by atoms with Crippen LogP contribution in [0.3, 0.4) is 0 Å². The van der Waals surface area contributed by atoms with Crippen molar-refractivity contribution in [3.05, 3.63) is 0 Å². The van der Waals surface area contributed by atoms with Crippen molar-refractivity contribution in [2.24, 2.45) is 0 Å². The number of rotatable bonds is 4. The van der Waals surface area contributed by atoms with E-state index in [9.17, 15) is 0 Å². The van der Waals surface area contributed by atoms with Crippen LogP contribution in [-0.2, 0) is 4.74 Å². The Kier molecular flexibility index (Phi) is 3.08. The van der Waals surface area contributed by atoms with Crippen LogP contribution < -0.4 is 5.32 Å². The van der Waals surface area contributed by atoms with Gasteiger partial charge in [0.05, 0.1) is 32.0 Å². The summed E-state index contributed by atoms with van der Waals surface area (Å²) in [6.07, 6.45) is -0.638. The summed E-state index contributed by atoms with van der Waals surface area (Å²) < 4.78 is 4.89. The Labute approximate surface area is 59.8 Å². The highest BCUT2D eigenvalue weighted by molar-refractivity contribution is 4.74. The summed E-state index contributed by atoms with van der Waals surface area (Å²) in [5.74, 6) is 0. The lowest BCUT2D eigenvalue weighted by molar-refractivity contribution is -0.0125. The molecule has 0 spiro atoms. The summed E-state index contributed by atoms with van der Waals surface area (Å²) in [4.78, 5) is 0. The highest BCUT2D eigenvalue weighted by Crippen LogP contribution is 1.98. The summed E-state index contributed by atoms with van der Waals surface area (Å²) in [5.41, 5.74) is 0. The second-order valence-electron chi connectivity index (χ2n) is 2.48. The smallest absolute Gasteiger partial charge is 0.0895 e. The van der Waals surface area contributed by atoms with Gasteiger partial charge in [0.1, 0.15) is 0 Å². The Morgan fingerprint density at radius 2 is 2.30 bits per heavy atom. The molecule has 1 aliphatic rings. The molecule has 0 aromatic carbocycles. The summed E-state index contributed by atoms with van der Waals surface area (Å²) in [6, 6.07) is 0.376. The second-order valence-corrected chi connectivity index (χ2v) is 2.48. The molecule has 4 heteroatoms. The minimum Gasteiger partial charge on any atom is -0.394 e. The van der Waals surface area contributed by atoms with E-state index in [2.05, 4.69) is 5.32 Å². The number of nitrogens with one attached hydrogen (secondary N) is 1. The average molecular weight is 147 g/mol. The molecule has 0 aromatic rings. The Morgan fingerprint density at radius 1 is 1.60 bits per heavy atom. The number of aliphatic hydroxyl groups excluding tert-OH is 2. The molecule has 1 aliphatic heterocycles. The van der Waals surface area contributed by atoms with Crippen LogP contribution >= 0.6 is 0 Å². The Hall–Kier alpha value is -0.160. The minimum absolute atomic E-state index is 0.180. The van der Waals surface area contributed by atoms with Crippen LogP contribution in [0.4, 0.5) is 0 Å². The van der Waals surface area contributed by atoms with E-state index in [4.69, 9.17) is 14.9 Å². The molecule has 1 rings (SSSR count). The maximum absolute atomic E-state index is 8.87. The number of ether oxygens (including phenoxy) is 1. The second kappa shape index (κ2) is 3.88. The molecule has 4 nitrogen and oxygen atoms in total. The average Bonchev–Trinajstić information content (AvgIpc) is 1.84. The summed E-state index contributed by atoms with van der Waals surface area (Å²) in [6.45, 7) is 1.71. The molecule has 0 amide bonds. The van der Waals surface area contributed by atoms with Gasteiger partial charge in [-0.2, -0.15) is 0 Å². The quantitative estimate of drug-likeness (QED) is 0.445. The van der Waals surface area contributed by atoms with Crippen molar-refractivity contribution in [3.63, 3.8) is 0 Å². The van der Waals surface area contributed by atoms with Gasteiger partial charge in [-0.1, -0.05) is 0 Å². The Bertz CT molecular complexity index is 90.2. The van der Waals surface area contributed by atoms with E-state index in [0.717, 1.165) is 13.2 Å². The molecule has 10 heavy (non-hydrogen) atoms. The largest absolute Gasteiger partial charge is 0.394 e. The highest BCUT2D eigenvalue weighted by Gasteiger charge is 2.17.